The van der Waals surface area contributed by atoms with E-state index in [0.717, 1.165) is 5.33 Å². The minimum absolute atomic E-state index is 0.887. The molecule has 0 heterocycles. The summed E-state index contributed by atoms with van der Waals surface area (Å²) in [7, 11) is 0. The molecule has 0 aliphatic heterocycles. The van der Waals surface area contributed by atoms with Crippen molar-refractivity contribution in [3.8, 4) is 0 Å². The maximum absolute atomic E-state index is 3.68. The Balaban J connectivity index is 2.37. The van der Waals surface area contributed by atoms with E-state index < -0.39 is 0 Å². The fraction of sp³-hybridized carbons (Fsp3) is 0.100. The van der Waals surface area contributed by atoms with Crippen LogP contribution in [0.1, 0.15) is 11.1 Å². The number of benzene rings is 4. The molecule has 0 amide bonds. The van der Waals surface area contributed by atoms with Crippen molar-refractivity contribution in [2.24, 2.45) is 0 Å². The van der Waals surface area contributed by atoms with E-state index in [0.29, 0.717) is 0 Å². The third-order valence-electron chi connectivity index (χ3n) is 4.43. The highest BCUT2D eigenvalue weighted by Gasteiger charge is 2.12. The zero-order valence-electron chi connectivity index (χ0n) is 11.9. The van der Waals surface area contributed by atoms with Crippen molar-refractivity contribution in [2.75, 3.05) is 0 Å². The Hall–Kier alpha value is -1.86. The monoisotopic (exact) mass is 334 g/mol. The van der Waals surface area contributed by atoms with E-state index in [1.165, 1.54) is 43.4 Å². The number of alkyl halides is 1. The second-order valence-corrected chi connectivity index (χ2v) is 6.05. The van der Waals surface area contributed by atoms with Gasteiger partial charge in [-0.15, -0.1) is 0 Å². The highest BCUT2D eigenvalue weighted by Crippen LogP contribution is 2.37. The van der Waals surface area contributed by atoms with E-state index in [1.54, 1.807) is 0 Å². The van der Waals surface area contributed by atoms with E-state index in [1.807, 2.05) is 0 Å². The third-order valence-corrected chi connectivity index (χ3v) is 4.99. The zero-order valence-corrected chi connectivity index (χ0v) is 13.4. The fourth-order valence-corrected chi connectivity index (χ4v) is 4.13. The summed E-state index contributed by atoms with van der Waals surface area (Å²) in [6, 6.07) is 21.9. The van der Waals surface area contributed by atoms with Crippen LogP contribution in [0.25, 0.3) is 32.3 Å². The molecule has 0 aromatic heterocycles. The first-order chi connectivity index (χ1) is 10.3. The molecular formula is C20H15Br. The molecule has 0 unspecified atom stereocenters. The van der Waals surface area contributed by atoms with Crippen molar-refractivity contribution < 1.29 is 0 Å². The second kappa shape index (κ2) is 4.85. The molecule has 0 spiro atoms. The van der Waals surface area contributed by atoms with E-state index in [2.05, 4.69) is 83.5 Å². The van der Waals surface area contributed by atoms with Crippen molar-refractivity contribution >= 4 is 48.2 Å². The molecule has 0 bridgehead atoms. The number of hydrogen-bond donors (Lipinski definition) is 0. The van der Waals surface area contributed by atoms with Crippen molar-refractivity contribution in [1.82, 2.24) is 0 Å². The number of hydrogen-bond acceptors (Lipinski definition) is 0. The van der Waals surface area contributed by atoms with Crippen molar-refractivity contribution in [3.05, 3.63) is 71.8 Å². The molecule has 102 valence electrons. The molecule has 0 saturated heterocycles. The maximum atomic E-state index is 3.68. The summed E-state index contributed by atoms with van der Waals surface area (Å²) in [5, 5.41) is 8.99. The quantitative estimate of drug-likeness (QED) is 0.281. The molecule has 4 rings (SSSR count). The molecule has 0 saturated carbocycles. The van der Waals surface area contributed by atoms with Crippen LogP contribution in [0.3, 0.4) is 0 Å². The lowest BCUT2D eigenvalue weighted by Crippen LogP contribution is -1.92. The number of aryl methyl sites for hydroxylation is 1. The minimum Gasteiger partial charge on any atom is -0.0876 e. The fourth-order valence-electron chi connectivity index (χ4n) is 3.41. The first-order valence-electron chi connectivity index (χ1n) is 7.19. The average molecular weight is 335 g/mol. The van der Waals surface area contributed by atoms with Gasteiger partial charge in [0.2, 0.25) is 0 Å². The van der Waals surface area contributed by atoms with Crippen LogP contribution in [0.5, 0.6) is 0 Å². The predicted octanol–water partition coefficient (Wildman–Crippen LogP) is 6.35. The van der Waals surface area contributed by atoms with Gasteiger partial charge in [0.05, 0.1) is 0 Å². The molecule has 0 nitrogen and oxygen atoms in total. The van der Waals surface area contributed by atoms with E-state index in [-0.39, 0.29) is 0 Å². The Kier molecular flexibility index (Phi) is 2.97. The first kappa shape index (κ1) is 12.8. The van der Waals surface area contributed by atoms with Gasteiger partial charge in [0.15, 0.2) is 0 Å². The molecule has 4 aromatic carbocycles. The number of fused-ring (bicyclic) bond motifs is 5. The van der Waals surface area contributed by atoms with Gasteiger partial charge in [0, 0.05) is 5.33 Å². The van der Waals surface area contributed by atoms with E-state index in [9.17, 15) is 0 Å². The predicted molar refractivity (Wildman–Crippen MR) is 96.3 cm³/mol. The first-order valence-corrected chi connectivity index (χ1v) is 8.31. The van der Waals surface area contributed by atoms with E-state index in [4.69, 9.17) is 0 Å². The van der Waals surface area contributed by atoms with Crippen LogP contribution in [-0.4, -0.2) is 0 Å². The molecule has 21 heavy (non-hydrogen) atoms. The molecular weight excluding hydrogens is 320 g/mol. The van der Waals surface area contributed by atoms with Gasteiger partial charge in [-0.05, 0) is 50.4 Å². The topological polar surface area (TPSA) is 0 Å². The summed E-state index contributed by atoms with van der Waals surface area (Å²) in [6.45, 7) is 2.25. The van der Waals surface area contributed by atoms with Crippen molar-refractivity contribution in [1.29, 1.82) is 0 Å². The Labute approximate surface area is 132 Å². The van der Waals surface area contributed by atoms with Crippen LogP contribution in [0.4, 0.5) is 0 Å². The largest absolute Gasteiger partial charge is 0.0876 e. The normalized spacial score (nSPS) is 11.5. The van der Waals surface area contributed by atoms with Gasteiger partial charge < -0.3 is 0 Å². The van der Waals surface area contributed by atoms with Gasteiger partial charge >= 0.3 is 0 Å². The second-order valence-electron chi connectivity index (χ2n) is 5.49. The van der Waals surface area contributed by atoms with Crippen LogP contribution in [0.15, 0.2) is 60.7 Å². The highest BCUT2D eigenvalue weighted by molar-refractivity contribution is 9.08. The average Bonchev–Trinajstić information content (AvgIpc) is 2.54. The summed E-state index contributed by atoms with van der Waals surface area (Å²) in [6.07, 6.45) is 0. The molecule has 1 heteroatoms. The molecule has 0 fully saturated rings. The lowest BCUT2D eigenvalue weighted by atomic mass is 9.90. The number of rotatable bonds is 1. The Morgan fingerprint density at radius 1 is 0.714 bits per heavy atom. The Morgan fingerprint density at radius 3 is 2.14 bits per heavy atom. The summed E-state index contributed by atoms with van der Waals surface area (Å²) < 4.78 is 0. The van der Waals surface area contributed by atoms with Crippen LogP contribution in [-0.2, 0) is 5.33 Å². The Morgan fingerprint density at radius 2 is 1.38 bits per heavy atom. The molecule has 0 N–H and O–H groups in total. The number of halogens is 1. The maximum Gasteiger partial charge on any atom is 0.0292 e. The lowest BCUT2D eigenvalue weighted by molar-refractivity contribution is 1.39. The highest BCUT2D eigenvalue weighted by atomic mass is 79.9. The smallest absolute Gasteiger partial charge is 0.0292 e. The van der Waals surface area contributed by atoms with Gasteiger partial charge in [0.25, 0.3) is 0 Å². The Bertz CT molecular complexity index is 983. The van der Waals surface area contributed by atoms with Crippen LogP contribution in [0, 0.1) is 6.92 Å². The standard InChI is InChI=1S/C20H15Br/c1-13-19(12-21)17-9-5-4-8-16(17)18-11-10-14-6-2-3-7-15(14)20(13)18/h2-11H,12H2,1H3. The molecule has 0 aliphatic rings. The van der Waals surface area contributed by atoms with Crippen LogP contribution >= 0.6 is 15.9 Å². The summed E-state index contributed by atoms with van der Waals surface area (Å²) in [5.41, 5.74) is 2.78. The van der Waals surface area contributed by atoms with Gasteiger partial charge in [-0.3, -0.25) is 0 Å². The molecule has 0 aliphatic carbocycles. The SMILES string of the molecule is Cc1c(CBr)c2ccccc2c2ccc3ccccc3c12. The van der Waals surface area contributed by atoms with Gasteiger partial charge in [0.1, 0.15) is 0 Å². The third kappa shape index (κ3) is 1.81. The molecule has 0 atom stereocenters. The van der Waals surface area contributed by atoms with Gasteiger partial charge in [-0.2, -0.15) is 0 Å². The minimum atomic E-state index is 0.887. The summed E-state index contributed by atoms with van der Waals surface area (Å²) in [4.78, 5) is 0. The summed E-state index contributed by atoms with van der Waals surface area (Å²) in [5.74, 6) is 0. The molecule has 4 aromatic rings. The van der Waals surface area contributed by atoms with Crippen molar-refractivity contribution in [2.45, 2.75) is 12.3 Å². The molecule has 0 radical (unpaired) electrons. The van der Waals surface area contributed by atoms with Crippen LogP contribution in [0.2, 0.25) is 0 Å². The van der Waals surface area contributed by atoms with Gasteiger partial charge in [-0.1, -0.05) is 76.6 Å². The van der Waals surface area contributed by atoms with Crippen molar-refractivity contribution in [3.63, 3.8) is 0 Å². The van der Waals surface area contributed by atoms with Crippen LogP contribution < -0.4 is 0 Å². The van der Waals surface area contributed by atoms with E-state index >= 15 is 0 Å². The van der Waals surface area contributed by atoms with Gasteiger partial charge in [-0.25, -0.2) is 0 Å². The zero-order chi connectivity index (χ0) is 14.4. The summed E-state index contributed by atoms with van der Waals surface area (Å²) >= 11 is 3.68. The lowest BCUT2D eigenvalue weighted by Gasteiger charge is -2.15.